The van der Waals surface area contributed by atoms with Crippen LogP contribution in [0.4, 0.5) is 11.6 Å². The topological polar surface area (TPSA) is 29.9 Å². The van der Waals surface area contributed by atoms with Gasteiger partial charge in [0.25, 0.3) is 0 Å². The summed E-state index contributed by atoms with van der Waals surface area (Å²) in [6.07, 6.45) is 1.96. The number of aromatic nitrogens is 2. The first-order chi connectivity index (χ1) is 10.1. The molecule has 0 aliphatic heterocycles. The van der Waals surface area contributed by atoms with Gasteiger partial charge in [-0.1, -0.05) is 45.7 Å². The normalized spacial score (nSPS) is 10.6. The second-order valence-corrected chi connectivity index (χ2v) is 5.99. The van der Waals surface area contributed by atoms with E-state index in [2.05, 4.69) is 26.2 Å². The fourth-order valence-corrected chi connectivity index (χ4v) is 2.65. The van der Waals surface area contributed by atoms with Crippen LogP contribution in [0.15, 0.2) is 59.2 Å². The number of anilines is 2. The number of aryl methyl sites for hydroxylation is 1. The van der Waals surface area contributed by atoms with Crippen molar-refractivity contribution in [2.24, 2.45) is 0 Å². The molecule has 0 aliphatic rings. The smallest absolute Gasteiger partial charge is 0.212 e. The fraction of sp³-hybridized carbons (Fsp3) is 0.0625. The average molecular weight is 363 g/mol. The Hall–Kier alpha value is -1.78. The number of nitrogens with one attached hydrogen (secondary N) is 1. The van der Waals surface area contributed by atoms with E-state index in [4.69, 9.17) is 11.6 Å². The molecule has 21 heavy (non-hydrogen) atoms. The number of rotatable bonds is 3. The second-order valence-electron chi connectivity index (χ2n) is 4.66. The number of benzene rings is 2. The van der Waals surface area contributed by atoms with Crippen LogP contribution < -0.4 is 5.32 Å². The van der Waals surface area contributed by atoms with Crippen molar-refractivity contribution < 1.29 is 0 Å². The average Bonchev–Trinajstić information content (AvgIpc) is 2.83. The molecule has 5 heteroatoms. The van der Waals surface area contributed by atoms with Crippen LogP contribution in [-0.4, -0.2) is 9.55 Å². The molecular weight excluding hydrogens is 350 g/mol. The van der Waals surface area contributed by atoms with Crippen molar-refractivity contribution in [3.8, 4) is 5.69 Å². The zero-order chi connectivity index (χ0) is 14.8. The first kappa shape index (κ1) is 14.2. The lowest BCUT2D eigenvalue weighted by atomic mass is 10.3. The molecule has 1 aromatic heterocycles. The lowest BCUT2D eigenvalue weighted by Crippen LogP contribution is -2.01. The van der Waals surface area contributed by atoms with Gasteiger partial charge in [0.15, 0.2) is 0 Å². The highest BCUT2D eigenvalue weighted by atomic mass is 79.9. The molecule has 0 aliphatic carbocycles. The van der Waals surface area contributed by atoms with Crippen molar-refractivity contribution >= 4 is 39.2 Å². The van der Waals surface area contributed by atoms with E-state index in [-0.39, 0.29) is 0 Å². The van der Waals surface area contributed by atoms with Gasteiger partial charge in [0.05, 0.1) is 16.4 Å². The predicted molar refractivity (Wildman–Crippen MR) is 90.7 cm³/mol. The Morgan fingerprint density at radius 1 is 1.14 bits per heavy atom. The molecule has 0 fully saturated rings. The maximum atomic E-state index is 6.32. The predicted octanol–water partition coefficient (Wildman–Crippen LogP) is 5.34. The van der Waals surface area contributed by atoms with E-state index in [9.17, 15) is 0 Å². The summed E-state index contributed by atoms with van der Waals surface area (Å²) in [7, 11) is 0. The molecule has 1 heterocycles. The van der Waals surface area contributed by atoms with E-state index < -0.39 is 0 Å². The zero-order valence-electron chi connectivity index (χ0n) is 11.3. The quantitative estimate of drug-likeness (QED) is 0.681. The molecule has 106 valence electrons. The van der Waals surface area contributed by atoms with Crippen molar-refractivity contribution in [3.63, 3.8) is 0 Å². The molecule has 0 unspecified atom stereocenters. The minimum Gasteiger partial charge on any atom is -0.325 e. The van der Waals surface area contributed by atoms with Crippen LogP contribution in [0.25, 0.3) is 5.69 Å². The summed E-state index contributed by atoms with van der Waals surface area (Å²) < 4.78 is 2.93. The van der Waals surface area contributed by atoms with Crippen molar-refractivity contribution in [2.75, 3.05) is 5.32 Å². The van der Waals surface area contributed by atoms with Gasteiger partial charge in [0.1, 0.15) is 0 Å². The molecule has 0 spiro atoms. The lowest BCUT2D eigenvalue weighted by Gasteiger charge is -2.11. The number of hydrogen-bond donors (Lipinski definition) is 1. The summed E-state index contributed by atoms with van der Waals surface area (Å²) in [5.41, 5.74) is 2.78. The van der Waals surface area contributed by atoms with Gasteiger partial charge in [0.2, 0.25) is 5.95 Å². The molecular formula is C16H13BrClN3. The third kappa shape index (κ3) is 3.12. The number of halogens is 2. The number of nitrogens with zero attached hydrogens (tertiary/aromatic N) is 2. The molecule has 0 atom stereocenters. The van der Waals surface area contributed by atoms with Crippen LogP contribution in [-0.2, 0) is 0 Å². The highest BCUT2D eigenvalue weighted by Crippen LogP contribution is 2.28. The third-order valence-electron chi connectivity index (χ3n) is 3.02. The van der Waals surface area contributed by atoms with Crippen LogP contribution in [0.2, 0.25) is 5.02 Å². The summed E-state index contributed by atoms with van der Waals surface area (Å²) in [4.78, 5) is 4.53. The summed E-state index contributed by atoms with van der Waals surface area (Å²) >= 11 is 9.80. The first-order valence-electron chi connectivity index (χ1n) is 6.47. The molecule has 3 nitrogen and oxygen atoms in total. The SMILES string of the molecule is Cc1cn(-c2cc(Br)ccc2Cl)c(Nc2ccccc2)n1. The van der Waals surface area contributed by atoms with Gasteiger partial charge in [-0.15, -0.1) is 0 Å². The summed E-state index contributed by atoms with van der Waals surface area (Å²) in [5, 5.41) is 3.99. The molecule has 0 amide bonds. The Labute approximate surface area is 136 Å². The first-order valence-corrected chi connectivity index (χ1v) is 7.64. The maximum Gasteiger partial charge on any atom is 0.212 e. The Morgan fingerprint density at radius 3 is 2.67 bits per heavy atom. The standard InChI is InChI=1S/C16H13BrClN3/c1-11-10-21(15-9-12(17)7-8-14(15)18)16(19-11)20-13-5-3-2-4-6-13/h2-10H,1H3,(H,19,20). The maximum absolute atomic E-state index is 6.32. The third-order valence-corrected chi connectivity index (χ3v) is 3.84. The number of imidazole rings is 1. The van der Waals surface area contributed by atoms with Crippen molar-refractivity contribution in [1.82, 2.24) is 9.55 Å². The van der Waals surface area contributed by atoms with Crippen LogP contribution in [0.1, 0.15) is 5.69 Å². The van der Waals surface area contributed by atoms with Gasteiger partial charge < -0.3 is 5.32 Å². The Balaban J connectivity index is 2.05. The number of hydrogen-bond acceptors (Lipinski definition) is 2. The molecule has 0 saturated carbocycles. The minimum absolute atomic E-state index is 0.673. The molecule has 0 radical (unpaired) electrons. The lowest BCUT2D eigenvalue weighted by molar-refractivity contribution is 1.06. The monoisotopic (exact) mass is 361 g/mol. The minimum atomic E-state index is 0.673. The van der Waals surface area contributed by atoms with Crippen LogP contribution in [0.3, 0.4) is 0 Å². The summed E-state index contributed by atoms with van der Waals surface area (Å²) in [5.74, 6) is 0.735. The van der Waals surface area contributed by atoms with E-state index in [0.717, 1.165) is 27.5 Å². The highest BCUT2D eigenvalue weighted by Gasteiger charge is 2.11. The van der Waals surface area contributed by atoms with E-state index >= 15 is 0 Å². The van der Waals surface area contributed by atoms with E-state index in [1.54, 1.807) is 0 Å². The van der Waals surface area contributed by atoms with Gasteiger partial charge in [-0.2, -0.15) is 0 Å². The summed E-state index contributed by atoms with van der Waals surface area (Å²) in [6.45, 7) is 1.96. The number of para-hydroxylation sites is 1. The van der Waals surface area contributed by atoms with E-state index in [0.29, 0.717) is 5.02 Å². The van der Waals surface area contributed by atoms with Gasteiger partial charge in [0, 0.05) is 16.4 Å². The highest BCUT2D eigenvalue weighted by molar-refractivity contribution is 9.10. The van der Waals surface area contributed by atoms with Crippen LogP contribution in [0.5, 0.6) is 0 Å². The molecule has 1 N–H and O–H groups in total. The Bertz CT molecular complexity index is 768. The second kappa shape index (κ2) is 5.92. The van der Waals surface area contributed by atoms with Crippen LogP contribution in [0, 0.1) is 6.92 Å². The van der Waals surface area contributed by atoms with Gasteiger partial charge in [-0.05, 0) is 37.3 Å². The van der Waals surface area contributed by atoms with Gasteiger partial charge >= 0.3 is 0 Å². The molecule has 3 rings (SSSR count). The molecule has 3 aromatic rings. The van der Waals surface area contributed by atoms with Crippen molar-refractivity contribution in [2.45, 2.75) is 6.92 Å². The van der Waals surface area contributed by atoms with Gasteiger partial charge in [-0.25, -0.2) is 4.98 Å². The fourth-order valence-electron chi connectivity index (χ4n) is 2.09. The van der Waals surface area contributed by atoms with Crippen molar-refractivity contribution in [3.05, 3.63) is 69.9 Å². The Kier molecular flexibility index (Phi) is 3.99. The molecule has 0 bridgehead atoms. The largest absolute Gasteiger partial charge is 0.325 e. The summed E-state index contributed by atoms with van der Waals surface area (Å²) in [6, 6.07) is 15.7. The van der Waals surface area contributed by atoms with E-state index in [1.165, 1.54) is 0 Å². The zero-order valence-corrected chi connectivity index (χ0v) is 13.7. The van der Waals surface area contributed by atoms with Crippen molar-refractivity contribution in [1.29, 1.82) is 0 Å². The van der Waals surface area contributed by atoms with E-state index in [1.807, 2.05) is 66.2 Å². The van der Waals surface area contributed by atoms with Crippen LogP contribution >= 0.6 is 27.5 Å². The Morgan fingerprint density at radius 2 is 1.90 bits per heavy atom. The van der Waals surface area contributed by atoms with Gasteiger partial charge in [-0.3, -0.25) is 4.57 Å². The molecule has 2 aromatic carbocycles. The molecule has 0 saturated heterocycles.